The van der Waals surface area contributed by atoms with E-state index in [-0.39, 0.29) is 0 Å². The van der Waals surface area contributed by atoms with Crippen LogP contribution in [-0.2, 0) is 0 Å². The fourth-order valence-corrected chi connectivity index (χ4v) is 0.780. The van der Waals surface area contributed by atoms with Crippen molar-refractivity contribution in [1.82, 2.24) is 15.0 Å². The molecule has 0 unspecified atom stereocenters. The summed E-state index contributed by atoms with van der Waals surface area (Å²) >= 11 is 0. The molecular formula is C7H5N3O. The van der Waals surface area contributed by atoms with Crippen LogP contribution in [0.25, 0.3) is 17.4 Å². The average molecular weight is 147 g/mol. The van der Waals surface area contributed by atoms with Crippen molar-refractivity contribution in [2.24, 2.45) is 0 Å². The number of rotatable bonds is 1. The molecule has 0 saturated heterocycles. The van der Waals surface area contributed by atoms with Gasteiger partial charge in [-0.1, -0.05) is 6.58 Å². The first-order valence-electron chi connectivity index (χ1n) is 3.10. The standard InChI is InChI=1S/C7H5N3O/c1-2-5-10-6-7(11-5)9-4-3-8-6/h2-4H,1H2. The summed E-state index contributed by atoms with van der Waals surface area (Å²) in [5.74, 6) is 0.450. The SMILES string of the molecule is C=Cc1nc2nccnc2o1. The second-order valence-electron chi connectivity index (χ2n) is 1.94. The summed E-state index contributed by atoms with van der Waals surface area (Å²) in [5, 5.41) is 0. The van der Waals surface area contributed by atoms with E-state index in [0.29, 0.717) is 17.3 Å². The van der Waals surface area contributed by atoms with E-state index in [9.17, 15) is 0 Å². The van der Waals surface area contributed by atoms with Gasteiger partial charge in [0.2, 0.25) is 11.5 Å². The molecule has 0 atom stereocenters. The number of fused-ring (bicyclic) bond motifs is 1. The van der Waals surface area contributed by atoms with Crippen molar-refractivity contribution >= 4 is 17.4 Å². The third-order valence-electron chi connectivity index (χ3n) is 1.24. The van der Waals surface area contributed by atoms with Crippen LogP contribution in [-0.4, -0.2) is 15.0 Å². The molecule has 0 aliphatic heterocycles. The lowest BCUT2D eigenvalue weighted by molar-refractivity contribution is 0.578. The van der Waals surface area contributed by atoms with Crippen molar-refractivity contribution in [3.63, 3.8) is 0 Å². The fourth-order valence-electron chi connectivity index (χ4n) is 0.780. The molecule has 2 heterocycles. The first-order valence-corrected chi connectivity index (χ1v) is 3.10. The summed E-state index contributed by atoms with van der Waals surface area (Å²) in [6, 6.07) is 0. The van der Waals surface area contributed by atoms with Crippen molar-refractivity contribution in [1.29, 1.82) is 0 Å². The van der Waals surface area contributed by atoms with Gasteiger partial charge < -0.3 is 4.42 Å². The highest BCUT2D eigenvalue weighted by molar-refractivity contribution is 5.63. The lowest BCUT2D eigenvalue weighted by Crippen LogP contribution is -1.76. The van der Waals surface area contributed by atoms with E-state index >= 15 is 0 Å². The Bertz CT molecular complexity index is 360. The fraction of sp³-hybridized carbons (Fsp3) is 0. The van der Waals surface area contributed by atoms with Gasteiger partial charge in [-0.15, -0.1) is 0 Å². The first kappa shape index (κ1) is 6.03. The quantitative estimate of drug-likeness (QED) is 0.609. The molecule has 2 aromatic rings. The van der Waals surface area contributed by atoms with E-state index in [0.717, 1.165) is 0 Å². The molecule has 0 aliphatic rings. The molecule has 0 saturated carbocycles. The van der Waals surface area contributed by atoms with Gasteiger partial charge in [0.15, 0.2) is 0 Å². The monoisotopic (exact) mass is 147 g/mol. The molecule has 54 valence electrons. The first-order chi connectivity index (χ1) is 5.40. The van der Waals surface area contributed by atoms with E-state index in [1.807, 2.05) is 0 Å². The van der Waals surface area contributed by atoms with Gasteiger partial charge in [0.05, 0.1) is 0 Å². The zero-order valence-corrected chi connectivity index (χ0v) is 5.69. The van der Waals surface area contributed by atoms with Crippen LogP contribution in [0.1, 0.15) is 5.89 Å². The Hall–Kier alpha value is -1.71. The van der Waals surface area contributed by atoms with Crippen LogP contribution in [0.3, 0.4) is 0 Å². The highest BCUT2D eigenvalue weighted by atomic mass is 16.4. The molecule has 2 rings (SSSR count). The van der Waals surface area contributed by atoms with Crippen LogP contribution >= 0.6 is 0 Å². The predicted molar refractivity (Wildman–Crippen MR) is 39.7 cm³/mol. The molecule has 0 spiro atoms. The van der Waals surface area contributed by atoms with Crippen molar-refractivity contribution in [2.45, 2.75) is 0 Å². The summed E-state index contributed by atoms with van der Waals surface area (Å²) in [7, 11) is 0. The maximum atomic E-state index is 5.11. The average Bonchev–Trinajstić information content (AvgIpc) is 2.46. The molecule has 11 heavy (non-hydrogen) atoms. The zero-order valence-electron chi connectivity index (χ0n) is 5.69. The number of hydrogen-bond acceptors (Lipinski definition) is 4. The third-order valence-corrected chi connectivity index (χ3v) is 1.24. The van der Waals surface area contributed by atoms with Crippen LogP contribution in [0.15, 0.2) is 23.4 Å². The highest BCUT2D eigenvalue weighted by Gasteiger charge is 2.02. The molecule has 0 fully saturated rings. The Morgan fingerprint density at radius 2 is 2.18 bits per heavy atom. The number of hydrogen-bond donors (Lipinski definition) is 0. The predicted octanol–water partition coefficient (Wildman–Crippen LogP) is 1.26. The number of nitrogens with zero attached hydrogens (tertiary/aromatic N) is 3. The van der Waals surface area contributed by atoms with Gasteiger partial charge in [-0.3, -0.25) is 0 Å². The largest absolute Gasteiger partial charge is 0.417 e. The van der Waals surface area contributed by atoms with E-state index in [4.69, 9.17) is 4.42 Å². The minimum absolute atomic E-state index is 0.447. The van der Waals surface area contributed by atoms with Crippen LogP contribution < -0.4 is 0 Å². The van der Waals surface area contributed by atoms with E-state index in [2.05, 4.69) is 21.5 Å². The summed E-state index contributed by atoms with van der Waals surface area (Å²) in [4.78, 5) is 11.8. The Morgan fingerprint density at radius 3 is 2.91 bits per heavy atom. The van der Waals surface area contributed by atoms with Gasteiger partial charge in [-0.25, -0.2) is 9.97 Å². The zero-order chi connectivity index (χ0) is 7.68. The Labute approximate surface area is 62.6 Å². The van der Waals surface area contributed by atoms with Gasteiger partial charge in [0, 0.05) is 12.4 Å². The second kappa shape index (κ2) is 2.16. The van der Waals surface area contributed by atoms with Gasteiger partial charge in [-0.2, -0.15) is 4.98 Å². The minimum atomic E-state index is 0.447. The lowest BCUT2D eigenvalue weighted by atomic mass is 10.6. The summed E-state index contributed by atoms with van der Waals surface area (Å²) < 4.78 is 5.11. The molecule has 0 aromatic carbocycles. The van der Waals surface area contributed by atoms with E-state index in [1.165, 1.54) is 6.08 Å². The van der Waals surface area contributed by atoms with Crippen molar-refractivity contribution in [2.75, 3.05) is 0 Å². The molecule has 0 radical (unpaired) electrons. The van der Waals surface area contributed by atoms with Crippen molar-refractivity contribution < 1.29 is 4.42 Å². The molecule has 2 aromatic heterocycles. The normalized spacial score (nSPS) is 10.2. The molecule has 0 aliphatic carbocycles. The Morgan fingerprint density at radius 1 is 1.36 bits per heavy atom. The molecule has 4 nitrogen and oxygen atoms in total. The highest BCUT2D eigenvalue weighted by Crippen LogP contribution is 2.09. The lowest BCUT2D eigenvalue weighted by Gasteiger charge is -1.78. The smallest absolute Gasteiger partial charge is 0.266 e. The molecular weight excluding hydrogens is 142 g/mol. The summed E-state index contributed by atoms with van der Waals surface area (Å²) in [5.41, 5.74) is 0.963. The van der Waals surface area contributed by atoms with Gasteiger partial charge in [-0.05, 0) is 6.08 Å². The molecule has 0 bridgehead atoms. The molecule has 0 N–H and O–H groups in total. The van der Waals surface area contributed by atoms with E-state index in [1.54, 1.807) is 12.4 Å². The van der Waals surface area contributed by atoms with Crippen LogP contribution in [0.4, 0.5) is 0 Å². The Balaban J connectivity index is 2.78. The molecule has 0 amide bonds. The summed E-state index contributed by atoms with van der Waals surface area (Å²) in [6.45, 7) is 3.51. The maximum Gasteiger partial charge on any atom is 0.266 e. The van der Waals surface area contributed by atoms with Gasteiger partial charge in [0.1, 0.15) is 0 Å². The maximum absolute atomic E-state index is 5.11. The second-order valence-corrected chi connectivity index (χ2v) is 1.94. The van der Waals surface area contributed by atoms with Crippen LogP contribution in [0, 0.1) is 0 Å². The summed E-state index contributed by atoms with van der Waals surface area (Å²) in [6.07, 6.45) is 4.64. The van der Waals surface area contributed by atoms with Crippen molar-refractivity contribution in [3.05, 3.63) is 24.9 Å². The number of oxazole rings is 1. The number of aromatic nitrogens is 3. The van der Waals surface area contributed by atoms with E-state index < -0.39 is 0 Å². The van der Waals surface area contributed by atoms with Crippen molar-refractivity contribution in [3.8, 4) is 0 Å². The third kappa shape index (κ3) is 0.881. The topological polar surface area (TPSA) is 51.8 Å². The minimum Gasteiger partial charge on any atom is -0.417 e. The van der Waals surface area contributed by atoms with Crippen LogP contribution in [0.5, 0.6) is 0 Å². The van der Waals surface area contributed by atoms with Gasteiger partial charge >= 0.3 is 0 Å². The Kier molecular flexibility index (Phi) is 1.18. The van der Waals surface area contributed by atoms with Crippen LogP contribution in [0.2, 0.25) is 0 Å². The van der Waals surface area contributed by atoms with Gasteiger partial charge in [0.25, 0.3) is 5.71 Å². The molecule has 4 heteroatoms.